The number of aromatic nitrogens is 1. The normalized spacial score (nSPS) is 20.0. The third-order valence-electron chi connectivity index (χ3n) is 7.07. The SMILES string of the molecule is O=C(CN1CCN(c2ccc(C(F)(F)F)cn2)CC1)NC1(c2ccc3c(c2)OCCO3)CCCC1. The molecule has 1 saturated carbocycles. The van der Waals surface area contributed by atoms with Crippen molar-refractivity contribution in [2.24, 2.45) is 0 Å². The van der Waals surface area contributed by atoms with Gasteiger partial charge in [-0.3, -0.25) is 9.69 Å². The highest BCUT2D eigenvalue weighted by atomic mass is 19.4. The molecule has 3 aliphatic rings. The van der Waals surface area contributed by atoms with E-state index in [1.807, 2.05) is 23.1 Å². The van der Waals surface area contributed by atoms with Crippen LogP contribution in [0.2, 0.25) is 0 Å². The molecule has 35 heavy (non-hydrogen) atoms. The molecule has 1 aliphatic carbocycles. The quantitative estimate of drug-likeness (QED) is 0.691. The summed E-state index contributed by atoms with van der Waals surface area (Å²) in [6.07, 6.45) is 0.334. The smallest absolute Gasteiger partial charge is 0.417 e. The maximum atomic E-state index is 13.1. The van der Waals surface area contributed by atoms with Gasteiger partial charge in [-0.25, -0.2) is 4.98 Å². The molecule has 188 valence electrons. The summed E-state index contributed by atoms with van der Waals surface area (Å²) in [4.78, 5) is 21.1. The number of pyridine rings is 1. The summed E-state index contributed by atoms with van der Waals surface area (Å²) in [6, 6.07) is 8.40. The Morgan fingerprint density at radius 3 is 2.37 bits per heavy atom. The van der Waals surface area contributed by atoms with Crippen molar-refractivity contribution >= 4 is 11.7 Å². The van der Waals surface area contributed by atoms with Crippen molar-refractivity contribution in [2.45, 2.75) is 37.4 Å². The van der Waals surface area contributed by atoms with E-state index in [1.165, 1.54) is 6.07 Å². The molecule has 1 aromatic carbocycles. The number of rotatable bonds is 5. The van der Waals surface area contributed by atoms with Gasteiger partial charge in [-0.05, 0) is 42.7 Å². The number of piperazine rings is 1. The number of alkyl halides is 3. The molecule has 0 spiro atoms. The minimum atomic E-state index is -4.39. The van der Waals surface area contributed by atoms with E-state index in [0.29, 0.717) is 45.2 Å². The molecule has 0 unspecified atom stereocenters. The highest BCUT2D eigenvalue weighted by Gasteiger charge is 2.38. The fourth-order valence-corrected chi connectivity index (χ4v) is 5.19. The topological polar surface area (TPSA) is 66.9 Å². The van der Waals surface area contributed by atoms with Gasteiger partial charge in [0.25, 0.3) is 0 Å². The summed E-state index contributed by atoms with van der Waals surface area (Å²) in [6.45, 7) is 3.79. The number of anilines is 1. The number of carbonyl (C=O) groups is 1. The summed E-state index contributed by atoms with van der Waals surface area (Å²) in [5.74, 6) is 1.95. The third kappa shape index (κ3) is 5.17. The lowest BCUT2D eigenvalue weighted by atomic mass is 9.87. The van der Waals surface area contributed by atoms with Gasteiger partial charge in [-0.2, -0.15) is 13.2 Å². The fourth-order valence-electron chi connectivity index (χ4n) is 5.19. The maximum Gasteiger partial charge on any atom is 0.417 e. The Kier molecular flexibility index (Phi) is 6.48. The molecule has 3 heterocycles. The van der Waals surface area contributed by atoms with Gasteiger partial charge in [0.15, 0.2) is 11.5 Å². The minimum absolute atomic E-state index is 0.0251. The lowest BCUT2D eigenvalue weighted by Crippen LogP contribution is -2.52. The van der Waals surface area contributed by atoms with Gasteiger partial charge in [0.1, 0.15) is 19.0 Å². The first-order valence-corrected chi connectivity index (χ1v) is 12.0. The van der Waals surface area contributed by atoms with Crippen LogP contribution in [0, 0.1) is 0 Å². The van der Waals surface area contributed by atoms with Gasteiger partial charge >= 0.3 is 6.18 Å². The van der Waals surface area contributed by atoms with Gasteiger partial charge in [-0.1, -0.05) is 18.9 Å². The van der Waals surface area contributed by atoms with Crippen LogP contribution in [0.15, 0.2) is 36.5 Å². The maximum absolute atomic E-state index is 13.1. The van der Waals surface area contributed by atoms with Crippen LogP contribution in [0.5, 0.6) is 11.5 Å². The number of nitrogens with zero attached hydrogens (tertiary/aromatic N) is 3. The molecule has 10 heteroatoms. The Labute approximate surface area is 202 Å². The zero-order chi connectivity index (χ0) is 24.5. The van der Waals surface area contributed by atoms with Gasteiger partial charge < -0.3 is 19.7 Å². The second kappa shape index (κ2) is 9.56. The monoisotopic (exact) mass is 490 g/mol. The summed E-state index contributed by atoms with van der Waals surface area (Å²) >= 11 is 0. The second-order valence-electron chi connectivity index (χ2n) is 9.36. The first-order valence-electron chi connectivity index (χ1n) is 12.0. The van der Waals surface area contributed by atoms with E-state index in [9.17, 15) is 18.0 Å². The largest absolute Gasteiger partial charge is 0.486 e. The molecule has 1 amide bonds. The van der Waals surface area contributed by atoms with Gasteiger partial charge in [-0.15, -0.1) is 0 Å². The molecule has 0 atom stereocenters. The van der Waals surface area contributed by atoms with Crippen molar-refractivity contribution in [3.63, 3.8) is 0 Å². The van der Waals surface area contributed by atoms with E-state index >= 15 is 0 Å². The minimum Gasteiger partial charge on any atom is -0.486 e. The Morgan fingerprint density at radius 2 is 1.71 bits per heavy atom. The Morgan fingerprint density at radius 1 is 1.00 bits per heavy atom. The number of fused-ring (bicyclic) bond motifs is 1. The lowest BCUT2D eigenvalue weighted by molar-refractivity contribution is -0.137. The summed E-state index contributed by atoms with van der Waals surface area (Å²) < 4.78 is 49.7. The van der Waals surface area contributed by atoms with E-state index in [-0.39, 0.29) is 12.5 Å². The molecular formula is C25H29F3N4O3. The lowest BCUT2D eigenvalue weighted by Gasteiger charge is -2.37. The van der Waals surface area contributed by atoms with Gasteiger partial charge in [0.05, 0.1) is 17.6 Å². The Balaban J connectivity index is 1.18. The second-order valence-corrected chi connectivity index (χ2v) is 9.36. The number of carbonyl (C=O) groups excluding carboxylic acids is 1. The van der Waals surface area contributed by atoms with Crippen LogP contribution in [0.3, 0.4) is 0 Å². The van der Waals surface area contributed by atoms with Crippen molar-refractivity contribution in [3.8, 4) is 11.5 Å². The van der Waals surface area contributed by atoms with Crippen LogP contribution in [-0.4, -0.2) is 61.7 Å². The van der Waals surface area contributed by atoms with Gasteiger partial charge in [0.2, 0.25) is 5.91 Å². The zero-order valence-corrected chi connectivity index (χ0v) is 19.4. The number of benzene rings is 1. The molecular weight excluding hydrogens is 461 g/mol. The van der Waals surface area contributed by atoms with Crippen LogP contribution in [-0.2, 0) is 16.5 Å². The molecule has 0 radical (unpaired) electrons. The van der Waals surface area contributed by atoms with Crippen LogP contribution in [0.1, 0.15) is 36.8 Å². The van der Waals surface area contributed by atoms with Crippen LogP contribution in [0.4, 0.5) is 19.0 Å². The van der Waals surface area contributed by atoms with E-state index in [1.54, 1.807) is 0 Å². The molecule has 2 aromatic rings. The highest BCUT2D eigenvalue weighted by Crippen LogP contribution is 2.42. The molecule has 2 fully saturated rings. The molecule has 1 aromatic heterocycles. The zero-order valence-electron chi connectivity index (χ0n) is 19.4. The molecule has 1 N–H and O–H groups in total. The van der Waals surface area contributed by atoms with E-state index in [0.717, 1.165) is 55.0 Å². The number of hydrogen-bond acceptors (Lipinski definition) is 6. The van der Waals surface area contributed by atoms with E-state index in [4.69, 9.17) is 9.47 Å². The molecule has 0 bridgehead atoms. The molecule has 2 aliphatic heterocycles. The van der Waals surface area contributed by atoms with Crippen LogP contribution >= 0.6 is 0 Å². The summed E-state index contributed by atoms with van der Waals surface area (Å²) in [7, 11) is 0. The number of amides is 1. The standard InChI is InChI=1S/C25H29F3N4O3/c26-25(27,28)19-4-6-22(29-16-19)32-11-9-31(10-12-32)17-23(33)30-24(7-1-2-8-24)18-3-5-20-21(15-18)35-14-13-34-20/h3-6,15-16H,1-2,7-14,17H2,(H,30,33). The van der Waals surface area contributed by atoms with Crippen LogP contribution < -0.4 is 19.7 Å². The predicted molar refractivity (Wildman–Crippen MR) is 124 cm³/mol. The number of nitrogens with one attached hydrogen (secondary N) is 1. The van der Waals surface area contributed by atoms with E-state index in [2.05, 4.69) is 15.2 Å². The predicted octanol–water partition coefficient (Wildman–Crippen LogP) is 3.58. The fraction of sp³-hybridized carbons (Fsp3) is 0.520. The third-order valence-corrected chi connectivity index (χ3v) is 7.07. The highest BCUT2D eigenvalue weighted by molar-refractivity contribution is 5.79. The Bertz CT molecular complexity index is 1050. The summed E-state index contributed by atoms with van der Waals surface area (Å²) in [5, 5.41) is 3.32. The van der Waals surface area contributed by atoms with Crippen LogP contribution in [0.25, 0.3) is 0 Å². The Hall–Kier alpha value is -3.01. The van der Waals surface area contributed by atoms with Crippen molar-refractivity contribution in [1.82, 2.24) is 15.2 Å². The van der Waals surface area contributed by atoms with Crippen molar-refractivity contribution in [1.29, 1.82) is 0 Å². The van der Waals surface area contributed by atoms with Gasteiger partial charge in [0, 0.05) is 32.4 Å². The first kappa shape index (κ1) is 23.7. The average molecular weight is 491 g/mol. The van der Waals surface area contributed by atoms with Crippen molar-refractivity contribution in [2.75, 3.05) is 50.8 Å². The molecule has 7 nitrogen and oxygen atoms in total. The summed E-state index contributed by atoms with van der Waals surface area (Å²) in [5.41, 5.74) is -0.111. The number of halogens is 3. The number of ether oxygens (including phenoxy) is 2. The van der Waals surface area contributed by atoms with E-state index < -0.39 is 17.3 Å². The van der Waals surface area contributed by atoms with Crippen molar-refractivity contribution < 1.29 is 27.4 Å². The molecule has 5 rings (SSSR count). The number of hydrogen-bond donors (Lipinski definition) is 1. The van der Waals surface area contributed by atoms with Crippen molar-refractivity contribution in [3.05, 3.63) is 47.7 Å². The average Bonchev–Trinajstić information content (AvgIpc) is 3.33. The molecule has 1 saturated heterocycles. The first-order chi connectivity index (χ1) is 16.8.